The fourth-order valence-electron chi connectivity index (χ4n) is 1.15. The van der Waals surface area contributed by atoms with Crippen molar-refractivity contribution in [3.05, 3.63) is 39.4 Å². The molecule has 0 unspecified atom stereocenters. The van der Waals surface area contributed by atoms with E-state index in [0.717, 1.165) is 16.7 Å². The third kappa shape index (κ3) is 1.50. The zero-order chi connectivity index (χ0) is 9.30. The van der Waals surface area contributed by atoms with Gasteiger partial charge in [-0.15, -0.1) is 0 Å². The fourth-order valence-corrected chi connectivity index (χ4v) is 1.65. The van der Waals surface area contributed by atoms with Crippen molar-refractivity contribution < 1.29 is 0 Å². The second-order valence-corrected chi connectivity index (χ2v) is 3.51. The predicted molar refractivity (Wildman–Crippen MR) is 56.0 cm³/mol. The van der Waals surface area contributed by atoms with Crippen molar-refractivity contribution in [1.82, 2.24) is 0 Å². The van der Waals surface area contributed by atoms with Crippen LogP contribution in [0, 0.1) is 13.8 Å². The first-order chi connectivity index (χ1) is 5.57. The summed E-state index contributed by atoms with van der Waals surface area (Å²) >= 11 is 12.0. The lowest BCUT2D eigenvalue weighted by Gasteiger charge is -2.07. The number of aryl methyl sites for hydroxylation is 2. The van der Waals surface area contributed by atoms with E-state index in [1.807, 2.05) is 19.9 Å². The Hall–Kier alpha value is -0.460. The molecule has 0 fully saturated rings. The van der Waals surface area contributed by atoms with Crippen molar-refractivity contribution in [2.45, 2.75) is 13.8 Å². The minimum atomic E-state index is 0.695. The second-order valence-electron chi connectivity index (χ2n) is 2.76. The zero-order valence-electron chi connectivity index (χ0n) is 7.12. The Morgan fingerprint density at radius 1 is 1.17 bits per heavy atom. The highest BCUT2D eigenvalue weighted by atomic mass is 35.5. The quantitative estimate of drug-likeness (QED) is 0.636. The van der Waals surface area contributed by atoms with E-state index in [2.05, 4.69) is 6.58 Å². The van der Waals surface area contributed by atoms with Gasteiger partial charge in [0.2, 0.25) is 0 Å². The molecule has 0 saturated heterocycles. The average Bonchev–Trinajstić information content (AvgIpc) is 2.02. The molecule has 0 N–H and O–H groups in total. The van der Waals surface area contributed by atoms with E-state index >= 15 is 0 Å². The van der Waals surface area contributed by atoms with Crippen LogP contribution in [0.5, 0.6) is 0 Å². The lowest BCUT2D eigenvalue weighted by atomic mass is 10.1. The Bertz CT molecular complexity index is 301. The van der Waals surface area contributed by atoms with Gasteiger partial charge in [-0.25, -0.2) is 0 Å². The van der Waals surface area contributed by atoms with Gasteiger partial charge in [-0.05, 0) is 25.0 Å². The van der Waals surface area contributed by atoms with Gasteiger partial charge in [0.15, 0.2) is 0 Å². The van der Waals surface area contributed by atoms with E-state index in [1.165, 1.54) is 0 Å². The van der Waals surface area contributed by atoms with Gasteiger partial charge >= 0.3 is 0 Å². The van der Waals surface area contributed by atoms with Crippen molar-refractivity contribution in [2.24, 2.45) is 0 Å². The average molecular weight is 201 g/mol. The third-order valence-electron chi connectivity index (χ3n) is 1.80. The van der Waals surface area contributed by atoms with Gasteiger partial charge < -0.3 is 0 Å². The topological polar surface area (TPSA) is 0 Å². The highest BCUT2D eigenvalue weighted by Gasteiger charge is 2.07. The summed E-state index contributed by atoms with van der Waals surface area (Å²) in [6, 6.07) is 1.97. The number of benzene rings is 1. The molecule has 0 saturated carbocycles. The molecule has 0 atom stereocenters. The third-order valence-corrected chi connectivity index (χ3v) is 2.81. The predicted octanol–water partition coefficient (Wildman–Crippen LogP) is 4.25. The van der Waals surface area contributed by atoms with Crippen LogP contribution in [0.3, 0.4) is 0 Å². The van der Waals surface area contributed by atoms with Crippen LogP contribution in [-0.4, -0.2) is 0 Å². The summed E-state index contributed by atoms with van der Waals surface area (Å²) in [6.07, 6.45) is 1.69. The summed E-state index contributed by atoms with van der Waals surface area (Å²) in [7, 11) is 0. The Labute approximate surface area is 82.8 Å². The minimum Gasteiger partial charge on any atom is -0.0984 e. The number of hydrogen-bond donors (Lipinski definition) is 0. The molecule has 1 aromatic carbocycles. The van der Waals surface area contributed by atoms with Crippen LogP contribution in [0.25, 0.3) is 6.08 Å². The van der Waals surface area contributed by atoms with Gasteiger partial charge in [0, 0.05) is 5.56 Å². The summed E-state index contributed by atoms with van der Waals surface area (Å²) in [4.78, 5) is 0. The molecule has 12 heavy (non-hydrogen) atoms. The first-order valence-corrected chi connectivity index (χ1v) is 4.41. The van der Waals surface area contributed by atoms with Crippen molar-refractivity contribution in [2.75, 3.05) is 0 Å². The maximum Gasteiger partial charge on any atom is 0.0522 e. The molecule has 0 nitrogen and oxygen atoms in total. The summed E-state index contributed by atoms with van der Waals surface area (Å²) in [5.41, 5.74) is 2.90. The molecular weight excluding hydrogens is 191 g/mol. The lowest BCUT2D eigenvalue weighted by molar-refractivity contribution is 1.37. The molecule has 1 rings (SSSR count). The monoisotopic (exact) mass is 200 g/mol. The van der Waals surface area contributed by atoms with E-state index < -0.39 is 0 Å². The van der Waals surface area contributed by atoms with Crippen LogP contribution in [0.1, 0.15) is 16.7 Å². The SMILES string of the molecule is C=Cc1c(Cl)c(C)cc(C)c1Cl. The summed E-state index contributed by atoms with van der Waals surface area (Å²) < 4.78 is 0. The molecule has 0 spiro atoms. The van der Waals surface area contributed by atoms with Crippen LogP contribution in [0.15, 0.2) is 12.6 Å². The van der Waals surface area contributed by atoms with Crippen molar-refractivity contribution in [1.29, 1.82) is 0 Å². The summed E-state index contributed by atoms with van der Waals surface area (Å²) in [6.45, 7) is 7.58. The van der Waals surface area contributed by atoms with Crippen LogP contribution >= 0.6 is 23.2 Å². The molecule has 0 amide bonds. The molecule has 0 radical (unpaired) electrons. The maximum atomic E-state index is 6.01. The summed E-state index contributed by atoms with van der Waals surface area (Å²) in [5, 5.41) is 1.39. The molecule has 0 aliphatic heterocycles. The van der Waals surface area contributed by atoms with E-state index in [9.17, 15) is 0 Å². The minimum absolute atomic E-state index is 0.695. The van der Waals surface area contributed by atoms with Gasteiger partial charge in [-0.2, -0.15) is 0 Å². The number of rotatable bonds is 1. The highest BCUT2D eigenvalue weighted by Crippen LogP contribution is 2.31. The molecular formula is C10H10Cl2. The number of halogens is 2. The molecule has 2 heteroatoms. The van der Waals surface area contributed by atoms with E-state index in [-0.39, 0.29) is 0 Å². The lowest BCUT2D eigenvalue weighted by Crippen LogP contribution is -1.86. The zero-order valence-corrected chi connectivity index (χ0v) is 8.63. The number of hydrogen-bond acceptors (Lipinski definition) is 0. The van der Waals surface area contributed by atoms with E-state index in [1.54, 1.807) is 6.08 Å². The van der Waals surface area contributed by atoms with Gasteiger partial charge in [0.25, 0.3) is 0 Å². The van der Waals surface area contributed by atoms with Crippen LogP contribution in [0.4, 0.5) is 0 Å². The highest BCUT2D eigenvalue weighted by molar-refractivity contribution is 6.38. The smallest absolute Gasteiger partial charge is 0.0522 e. The Balaban J connectivity index is 3.52. The molecule has 1 aromatic rings. The molecule has 0 aliphatic carbocycles. The van der Waals surface area contributed by atoms with E-state index in [4.69, 9.17) is 23.2 Å². The molecule has 0 heterocycles. The van der Waals surface area contributed by atoms with Crippen LogP contribution in [0.2, 0.25) is 10.0 Å². The normalized spacial score (nSPS) is 10.0. The Morgan fingerprint density at radius 2 is 1.58 bits per heavy atom. The molecule has 64 valence electrons. The van der Waals surface area contributed by atoms with Gasteiger partial charge in [0.1, 0.15) is 0 Å². The Morgan fingerprint density at radius 3 is 1.92 bits per heavy atom. The molecule has 0 aromatic heterocycles. The molecule has 0 aliphatic rings. The van der Waals surface area contributed by atoms with Crippen LogP contribution in [-0.2, 0) is 0 Å². The fraction of sp³-hybridized carbons (Fsp3) is 0.200. The van der Waals surface area contributed by atoms with E-state index in [0.29, 0.717) is 10.0 Å². The van der Waals surface area contributed by atoms with Gasteiger partial charge in [-0.3, -0.25) is 0 Å². The largest absolute Gasteiger partial charge is 0.0984 e. The van der Waals surface area contributed by atoms with Gasteiger partial charge in [0.05, 0.1) is 10.0 Å². The van der Waals surface area contributed by atoms with Crippen molar-refractivity contribution in [3.8, 4) is 0 Å². The summed E-state index contributed by atoms with van der Waals surface area (Å²) in [5.74, 6) is 0. The second kappa shape index (κ2) is 3.51. The standard InChI is InChI=1S/C10H10Cl2/c1-4-8-9(11)6(2)5-7(3)10(8)12/h4-5H,1H2,2-3H3. The molecule has 0 bridgehead atoms. The Kier molecular flexibility index (Phi) is 2.81. The van der Waals surface area contributed by atoms with Crippen LogP contribution < -0.4 is 0 Å². The van der Waals surface area contributed by atoms with Gasteiger partial charge in [-0.1, -0.05) is 41.9 Å². The first kappa shape index (κ1) is 9.63. The maximum absolute atomic E-state index is 6.01. The van der Waals surface area contributed by atoms with Crippen molar-refractivity contribution in [3.63, 3.8) is 0 Å². The first-order valence-electron chi connectivity index (χ1n) is 3.65. The van der Waals surface area contributed by atoms with Crippen molar-refractivity contribution >= 4 is 29.3 Å².